The summed E-state index contributed by atoms with van der Waals surface area (Å²) in [6.45, 7) is 2.19. The standard InChI is InChI=1S/C19H17N3O4/c1-11-2-4-13(5-3-11)19(17(25)20-18(26)21-19)10-22-9-12-8-14(23)6-7-15(12)16(22)24/h2-8,23H,9-10H2,1H3,(H2,20,21,25,26)/t19-/m0/s1. The molecular formula is C19H17N3O4. The Labute approximate surface area is 149 Å². The van der Waals surface area contributed by atoms with E-state index in [0.29, 0.717) is 16.7 Å². The molecule has 0 aliphatic carbocycles. The van der Waals surface area contributed by atoms with Crippen LogP contribution in [0, 0.1) is 6.92 Å². The molecule has 0 bridgehead atoms. The maximum absolute atomic E-state index is 12.7. The van der Waals surface area contributed by atoms with E-state index < -0.39 is 17.5 Å². The van der Waals surface area contributed by atoms with Gasteiger partial charge >= 0.3 is 6.03 Å². The second kappa shape index (κ2) is 5.59. The minimum Gasteiger partial charge on any atom is -0.508 e. The van der Waals surface area contributed by atoms with Gasteiger partial charge in [-0.15, -0.1) is 0 Å². The summed E-state index contributed by atoms with van der Waals surface area (Å²) in [5, 5.41) is 14.6. The van der Waals surface area contributed by atoms with Crippen molar-refractivity contribution in [3.05, 3.63) is 64.7 Å². The summed E-state index contributed by atoms with van der Waals surface area (Å²) in [5.41, 5.74) is 1.47. The van der Waals surface area contributed by atoms with Gasteiger partial charge in [0.2, 0.25) is 0 Å². The number of nitrogens with zero attached hydrogens (tertiary/aromatic N) is 1. The molecule has 0 saturated carbocycles. The van der Waals surface area contributed by atoms with Crippen molar-refractivity contribution in [2.75, 3.05) is 6.54 Å². The number of hydrogen-bond acceptors (Lipinski definition) is 4. The molecule has 1 saturated heterocycles. The van der Waals surface area contributed by atoms with Crippen LogP contribution in [-0.4, -0.2) is 34.4 Å². The molecule has 132 valence electrons. The average Bonchev–Trinajstić information content (AvgIpc) is 3.05. The maximum atomic E-state index is 12.7. The molecule has 2 aliphatic heterocycles. The Kier molecular flexibility index (Phi) is 3.47. The molecular weight excluding hydrogens is 334 g/mol. The molecule has 26 heavy (non-hydrogen) atoms. The van der Waals surface area contributed by atoms with E-state index in [4.69, 9.17) is 0 Å². The summed E-state index contributed by atoms with van der Waals surface area (Å²) >= 11 is 0. The lowest BCUT2D eigenvalue weighted by molar-refractivity contribution is -0.124. The zero-order valence-electron chi connectivity index (χ0n) is 14.1. The highest BCUT2D eigenvalue weighted by molar-refractivity contribution is 6.08. The number of rotatable bonds is 3. The fraction of sp³-hybridized carbons (Fsp3) is 0.211. The van der Waals surface area contributed by atoms with E-state index in [0.717, 1.165) is 5.56 Å². The van der Waals surface area contributed by atoms with Crippen LogP contribution in [0.25, 0.3) is 0 Å². The number of amides is 4. The molecule has 3 N–H and O–H groups in total. The quantitative estimate of drug-likeness (QED) is 0.728. The van der Waals surface area contributed by atoms with Crippen molar-refractivity contribution in [3.8, 4) is 5.75 Å². The zero-order chi connectivity index (χ0) is 18.5. The van der Waals surface area contributed by atoms with Crippen molar-refractivity contribution in [2.24, 2.45) is 0 Å². The van der Waals surface area contributed by atoms with Crippen LogP contribution in [0.2, 0.25) is 0 Å². The number of fused-ring (bicyclic) bond motifs is 1. The van der Waals surface area contributed by atoms with Gasteiger partial charge in [-0.2, -0.15) is 0 Å². The smallest absolute Gasteiger partial charge is 0.322 e. The van der Waals surface area contributed by atoms with Crippen molar-refractivity contribution < 1.29 is 19.5 Å². The second-order valence-electron chi connectivity index (χ2n) is 6.68. The second-order valence-corrected chi connectivity index (χ2v) is 6.68. The fourth-order valence-electron chi connectivity index (χ4n) is 3.52. The number of carbonyl (C=O) groups is 3. The number of urea groups is 1. The number of aryl methyl sites for hydroxylation is 1. The van der Waals surface area contributed by atoms with Crippen LogP contribution in [0.3, 0.4) is 0 Å². The number of hydrogen-bond donors (Lipinski definition) is 3. The Balaban J connectivity index is 1.71. The molecule has 2 heterocycles. The molecule has 2 aliphatic rings. The van der Waals surface area contributed by atoms with Gasteiger partial charge in [0.1, 0.15) is 5.75 Å². The Morgan fingerprint density at radius 3 is 2.50 bits per heavy atom. The number of benzene rings is 2. The highest BCUT2D eigenvalue weighted by atomic mass is 16.3. The third-order valence-corrected chi connectivity index (χ3v) is 4.88. The number of imide groups is 1. The fourth-order valence-corrected chi connectivity index (χ4v) is 3.52. The highest BCUT2D eigenvalue weighted by Gasteiger charge is 2.50. The Hall–Kier alpha value is -3.35. The van der Waals surface area contributed by atoms with E-state index in [9.17, 15) is 19.5 Å². The third kappa shape index (κ3) is 2.40. The predicted molar refractivity (Wildman–Crippen MR) is 92.4 cm³/mol. The van der Waals surface area contributed by atoms with Crippen LogP contribution in [-0.2, 0) is 16.9 Å². The first kappa shape index (κ1) is 16.1. The average molecular weight is 351 g/mol. The molecule has 0 unspecified atom stereocenters. The van der Waals surface area contributed by atoms with E-state index >= 15 is 0 Å². The van der Waals surface area contributed by atoms with Gasteiger partial charge < -0.3 is 15.3 Å². The van der Waals surface area contributed by atoms with Crippen LogP contribution in [0.1, 0.15) is 27.0 Å². The van der Waals surface area contributed by atoms with E-state index in [1.165, 1.54) is 11.0 Å². The van der Waals surface area contributed by atoms with Gasteiger partial charge in [0.25, 0.3) is 11.8 Å². The summed E-state index contributed by atoms with van der Waals surface area (Å²) < 4.78 is 0. The molecule has 0 radical (unpaired) electrons. The number of carbonyl (C=O) groups excluding carboxylic acids is 3. The first-order chi connectivity index (χ1) is 12.4. The number of aromatic hydroxyl groups is 1. The first-order valence-electron chi connectivity index (χ1n) is 8.21. The molecule has 7 heteroatoms. The number of nitrogens with one attached hydrogen (secondary N) is 2. The lowest BCUT2D eigenvalue weighted by Crippen LogP contribution is -2.52. The predicted octanol–water partition coefficient (Wildman–Crippen LogP) is 1.39. The molecule has 4 amide bonds. The van der Waals surface area contributed by atoms with Gasteiger partial charge in [0.15, 0.2) is 5.54 Å². The molecule has 4 rings (SSSR count). The minimum atomic E-state index is -1.34. The SMILES string of the molecule is Cc1ccc([C@]2(CN3Cc4cc(O)ccc4C3=O)NC(=O)NC2=O)cc1. The Morgan fingerprint density at radius 2 is 1.85 bits per heavy atom. The normalized spacial score (nSPS) is 21.6. The van der Waals surface area contributed by atoms with E-state index in [-0.39, 0.29) is 24.7 Å². The van der Waals surface area contributed by atoms with Crippen molar-refractivity contribution in [1.82, 2.24) is 15.5 Å². The highest BCUT2D eigenvalue weighted by Crippen LogP contribution is 2.32. The van der Waals surface area contributed by atoms with Crippen molar-refractivity contribution in [3.63, 3.8) is 0 Å². The Bertz CT molecular complexity index is 938. The van der Waals surface area contributed by atoms with E-state index in [1.54, 1.807) is 24.3 Å². The lowest BCUT2D eigenvalue weighted by Gasteiger charge is -2.31. The molecule has 1 fully saturated rings. The van der Waals surface area contributed by atoms with Gasteiger partial charge in [0.05, 0.1) is 6.54 Å². The third-order valence-electron chi connectivity index (χ3n) is 4.88. The van der Waals surface area contributed by atoms with Gasteiger partial charge in [-0.25, -0.2) is 4.79 Å². The van der Waals surface area contributed by atoms with Gasteiger partial charge in [-0.3, -0.25) is 14.9 Å². The van der Waals surface area contributed by atoms with E-state index in [2.05, 4.69) is 10.6 Å². The summed E-state index contributed by atoms with van der Waals surface area (Å²) in [4.78, 5) is 38.7. The number of phenols is 1. The topological polar surface area (TPSA) is 98.7 Å². The van der Waals surface area contributed by atoms with Crippen molar-refractivity contribution >= 4 is 17.8 Å². The Morgan fingerprint density at radius 1 is 1.12 bits per heavy atom. The van der Waals surface area contributed by atoms with Crippen molar-refractivity contribution in [1.29, 1.82) is 0 Å². The minimum absolute atomic E-state index is 0.00189. The van der Waals surface area contributed by atoms with Gasteiger partial charge in [-0.1, -0.05) is 29.8 Å². The van der Waals surface area contributed by atoms with Crippen LogP contribution in [0.5, 0.6) is 5.75 Å². The van der Waals surface area contributed by atoms with Crippen LogP contribution < -0.4 is 10.6 Å². The van der Waals surface area contributed by atoms with Crippen LogP contribution in [0.15, 0.2) is 42.5 Å². The van der Waals surface area contributed by atoms with Gasteiger partial charge in [-0.05, 0) is 36.2 Å². The zero-order valence-corrected chi connectivity index (χ0v) is 14.1. The summed E-state index contributed by atoms with van der Waals surface area (Å²) in [5.74, 6) is -0.642. The lowest BCUT2D eigenvalue weighted by atomic mass is 9.88. The largest absolute Gasteiger partial charge is 0.508 e. The summed E-state index contributed by atoms with van der Waals surface area (Å²) in [6, 6.07) is 11.2. The van der Waals surface area contributed by atoms with E-state index in [1.807, 2.05) is 19.1 Å². The first-order valence-corrected chi connectivity index (χ1v) is 8.21. The van der Waals surface area contributed by atoms with Crippen LogP contribution >= 0.6 is 0 Å². The molecule has 2 aromatic carbocycles. The number of phenolic OH excluding ortho intramolecular Hbond substituents is 1. The molecule has 0 aromatic heterocycles. The van der Waals surface area contributed by atoms with Gasteiger partial charge in [0, 0.05) is 12.1 Å². The summed E-state index contributed by atoms with van der Waals surface area (Å²) in [6.07, 6.45) is 0. The van der Waals surface area contributed by atoms with Crippen LogP contribution in [0.4, 0.5) is 4.79 Å². The summed E-state index contributed by atoms with van der Waals surface area (Å²) in [7, 11) is 0. The van der Waals surface area contributed by atoms with Crippen molar-refractivity contribution in [2.45, 2.75) is 19.0 Å². The molecule has 0 spiro atoms. The molecule has 7 nitrogen and oxygen atoms in total. The monoisotopic (exact) mass is 351 g/mol. The molecule has 1 atom stereocenters. The maximum Gasteiger partial charge on any atom is 0.322 e. The molecule has 2 aromatic rings.